The van der Waals surface area contributed by atoms with Crippen molar-refractivity contribution >= 4 is 0 Å². The third kappa shape index (κ3) is 4.43. The van der Waals surface area contributed by atoms with Crippen LogP contribution in [0.1, 0.15) is 47.8 Å². The van der Waals surface area contributed by atoms with Crippen LogP contribution in [0.25, 0.3) is 0 Å². The van der Waals surface area contributed by atoms with Crippen LogP contribution in [0.5, 0.6) is 0 Å². The fourth-order valence-electron chi connectivity index (χ4n) is 5.70. The number of rotatable bonds is 7. The first-order valence-corrected chi connectivity index (χ1v) is 11.5. The summed E-state index contributed by atoms with van der Waals surface area (Å²) in [4.78, 5) is 2.63. The van der Waals surface area contributed by atoms with E-state index in [9.17, 15) is 8.78 Å². The summed E-state index contributed by atoms with van der Waals surface area (Å²) in [6.07, 6.45) is 3.37. The standard InChI is InChI=1S/C28H29F2N/c29-24-12-8-21(9-13-24)26(22-10-14-25(30)15-11-22)7-4-16-31-18-23-17-27(28(23)19-31)20-5-2-1-3-6-20/h1-3,5-6,8-15,23,26-28H,4,7,16-19H2. The molecule has 0 spiro atoms. The Kier molecular flexibility index (Phi) is 5.87. The smallest absolute Gasteiger partial charge is 0.123 e. The van der Waals surface area contributed by atoms with Crippen LogP contribution in [0.3, 0.4) is 0 Å². The molecule has 1 aliphatic carbocycles. The maximum atomic E-state index is 13.4. The van der Waals surface area contributed by atoms with Gasteiger partial charge in [0.1, 0.15) is 11.6 Å². The topological polar surface area (TPSA) is 3.24 Å². The van der Waals surface area contributed by atoms with Gasteiger partial charge < -0.3 is 4.90 Å². The van der Waals surface area contributed by atoms with Crippen molar-refractivity contribution in [2.24, 2.45) is 11.8 Å². The summed E-state index contributed by atoms with van der Waals surface area (Å²) < 4.78 is 26.9. The van der Waals surface area contributed by atoms with Gasteiger partial charge in [-0.05, 0) is 84.5 Å². The molecule has 3 aromatic rings. The lowest BCUT2D eigenvalue weighted by atomic mass is 9.64. The Hall–Kier alpha value is -2.52. The molecule has 0 radical (unpaired) electrons. The first kappa shape index (κ1) is 20.4. The zero-order valence-electron chi connectivity index (χ0n) is 17.8. The van der Waals surface area contributed by atoms with E-state index in [4.69, 9.17) is 0 Å². The van der Waals surface area contributed by atoms with E-state index in [0.717, 1.165) is 48.3 Å². The largest absolute Gasteiger partial charge is 0.303 e. The highest BCUT2D eigenvalue weighted by atomic mass is 19.1. The van der Waals surface area contributed by atoms with Crippen molar-refractivity contribution in [2.45, 2.75) is 31.1 Å². The average molecular weight is 418 g/mol. The number of hydrogen-bond donors (Lipinski definition) is 0. The third-order valence-electron chi connectivity index (χ3n) is 7.38. The minimum absolute atomic E-state index is 0.164. The maximum Gasteiger partial charge on any atom is 0.123 e. The van der Waals surface area contributed by atoms with Crippen LogP contribution in [-0.2, 0) is 0 Å². The van der Waals surface area contributed by atoms with E-state index < -0.39 is 0 Å². The van der Waals surface area contributed by atoms with Crippen LogP contribution in [0.15, 0.2) is 78.9 Å². The minimum Gasteiger partial charge on any atom is -0.303 e. The third-order valence-corrected chi connectivity index (χ3v) is 7.38. The number of nitrogens with zero attached hydrogens (tertiary/aromatic N) is 1. The van der Waals surface area contributed by atoms with Crippen molar-refractivity contribution in [3.8, 4) is 0 Å². The van der Waals surface area contributed by atoms with E-state index >= 15 is 0 Å². The molecular formula is C28H29F2N. The summed E-state index contributed by atoms with van der Waals surface area (Å²) in [6.45, 7) is 3.50. The zero-order valence-corrected chi connectivity index (χ0v) is 17.8. The lowest BCUT2D eigenvalue weighted by Gasteiger charge is -2.40. The number of halogens is 2. The predicted molar refractivity (Wildman–Crippen MR) is 121 cm³/mol. The molecule has 1 nitrogen and oxygen atoms in total. The molecule has 2 fully saturated rings. The normalized spacial score (nSPS) is 23.0. The molecule has 3 heteroatoms. The number of benzene rings is 3. The Labute approximate surface area is 183 Å². The quantitative estimate of drug-likeness (QED) is 0.418. The van der Waals surface area contributed by atoms with E-state index in [1.165, 1.54) is 49.3 Å². The summed E-state index contributed by atoms with van der Waals surface area (Å²) in [5, 5.41) is 0. The molecule has 0 aromatic heterocycles. The summed E-state index contributed by atoms with van der Waals surface area (Å²) in [5.41, 5.74) is 3.69. The van der Waals surface area contributed by atoms with Gasteiger partial charge in [0.2, 0.25) is 0 Å². The number of fused-ring (bicyclic) bond motifs is 1. The second-order valence-corrected chi connectivity index (χ2v) is 9.23. The van der Waals surface area contributed by atoms with E-state index in [2.05, 4.69) is 35.2 Å². The monoisotopic (exact) mass is 417 g/mol. The SMILES string of the molecule is Fc1ccc(C(CCCN2CC3CC(c4ccccc4)C3C2)c2ccc(F)cc2)cc1. The summed E-state index contributed by atoms with van der Waals surface area (Å²) in [6, 6.07) is 24.5. The number of likely N-dealkylation sites (tertiary alicyclic amines) is 1. The molecule has 3 aromatic carbocycles. The Morgan fingerprint density at radius 2 is 1.39 bits per heavy atom. The van der Waals surface area contributed by atoms with Crippen molar-refractivity contribution in [3.63, 3.8) is 0 Å². The van der Waals surface area contributed by atoms with Gasteiger partial charge in [0.05, 0.1) is 0 Å². The van der Waals surface area contributed by atoms with Gasteiger partial charge in [0, 0.05) is 19.0 Å². The van der Waals surface area contributed by atoms with Gasteiger partial charge in [-0.2, -0.15) is 0 Å². The van der Waals surface area contributed by atoms with Crippen molar-refractivity contribution in [1.29, 1.82) is 0 Å². The molecule has 0 amide bonds. The summed E-state index contributed by atoms with van der Waals surface area (Å²) in [7, 11) is 0. The average Bonchev–Trinajstić information content (AvgIpc) is 3.09. The van der Waals surface area contributed by atoms with Gasteiger partial charge in [-0.15, -0.1) is 0 Å². The molecule has 1 saturated heterocycles. The van der Waals surface area contributed by atoms with Crippen molar-refractivity contribution in [3.05, 3.63) is 107 Å². The Balaban J connectivity index is 1.20. The van der Waals surface area contributed by atoms with Crippen LogP contribution in [-0.4, -0.2) is 24.5 Å². The molecule has 1 aliphatic heterocycles. The summed E-state index contributed by atoms with van der Waals surface area (Å²) in [5.74, 6) is 2.09. The van der Waals surface area contributed by atoms with Crippen LogP contribution in [0.4, 0.5) is 8.78 Å². The van der Waals surface area contributed by atoms with Gasteiger partial charge in [-0.25, -0.2) is 8.78 Å². The lowest BCUT2D eigenvalue weighted by molar-refractivity contribution is 0.191. The molecule has 31 heavy (non-hydrogen) atoms. The molecule has 160 valence electrons. The van der Waals surface area contributed by atoms with Gasteiger partial charge in [-0.3, -0.25) is 0 Å². The summed E-state index contributed by atoms with van der Waals surface area (Å²) >= 11 is 0. The second-order valence-electron chi connectivity index (χ2n) is 9.23. The Morgan fingerprint density at radius 3 is 2.00 bits per heavy atom. The number of hydrogen-bond acceptors (Lipinski definition) is 1. The zero-order chi connectivity index (χ0) is 21.2. The van der Waals surface area contributed by atoms with Crippen LogP contribution < -0.4 is 0 Å². The van der Waals surface area contributed by atoms with Gasteiger partial charge >= 0.3 is 0 Å². The molecular weight excluding hydrogens is 388 g/mol. The van der Waals surface area contributed by atoms with E-state index in [1.54, 1.807) is 0 Å². The first-order valence-electron chi connectivity index (χ1n) is 11.5. The Bertz CT molecular complexity index is 938. The minimum atomic E-state index is -0.220. The molecule has 0 N–H and O–H groups in total. The van der Waals surface area contributed by atoms with Crippen LogP contribution >= 0.6 is 0 Å². The van der Waals surface area contributed by atoms with Crippen LogP contribution in [0, 0.1) is 23.5 Å². The molecule has 1 heterocycles. The highest BCUT2D eigenvalue weighted by molar-refractivity contribution is 5.33. The molecule has 5 rings (SSSR count). The molecule has 3 unspecified atom stereocenters. The van der Waals surface area contributed by atoms with E-state index in [1.807, 2.05) is 24.3 Å². The Morgan fingerprint density at radius 1 is 0.774 bits per heavy atom. The van der Waals surface area contributed by atoms with E-state index in [0.29, 0.717) is 0 Å². The van der Waals surface area contributed by atoms with Gasteiger partial charge in [-0.1, -0.05) is 54.6 Å². The van der Waals surface area contributed by atoms with Crippen molar-refractivity contribution in [1.82, 2.24) is 4.90 Å². The first-order chi connectivity index (χ1) is 15.2. The van der Waals surface area contributed by atoms with Crippen molar-refractivity contribution < 1.29 is 8.78 Å². The molecule has 2 aliphatic rings. The van der Waals surface area contributed by atoms with E-state index in [-0.39, 0.29) is 17.6 Å². The molecule has 0 bridgehead atoms. The van der Waals surface area contributed by atoms with Gasteiger partial charge in [0.15, 0.2) is 0 Å². The second kappa shape index (κ2) is 8.92. The van der Waals surface area contributed by atoms with Crippen molar-refractivity contribution in [2.75, 3.05) is 19.6 Å². The highest BCUT2D eigenvalue weighted by Gasteiger charge is 2.46. The fraction of sp³-hybridized carbons (Fsp3) is 0.357. The predicted octanol–water partition coefficient (Wildman–Crippen LogP) is 6.61. The lowest BCUT2D eigenvalue weighted by Crippen LogP contribution is -2.33. The van der Waals surface area contributed by atoms with Crippen LogP contribution in [0.2, 0.25) is 0 Å². The molecule has 1 saturated carbocycles. The van der Waals surface area contributed by atoms with Gasteiger partial charge in [0.25, 0.3) is 0 Å². The maximum absolute atomic E-state index is 13.4. The highest BCUT2D eigenvalue weighted by Crippen LogP contribution is 2.51. The molecule has 3 atom stereocenters. The fourth-order valence-corrected chi connectivity index (χ4v) is 5.70.